The molecule has 0 spiro atoms. The lowest BCUT2D eigenvalue weighted by Crippen LogP contribution is -2.36. The molecule has 0 bridgehead atoms. The van der Waals surface area contributed by atoms with Crippen molar-refractivity contribution in [3.63, 3.8) is 0 Å². The number of carbonyl (C=O) groups is 2. The SMILES string of the molecule is CCC[C@@H]1[C@H]2C(=O)[C@]3(Br)[C@@H](CCC)[C@@H]3C(=O)[C@@]12Br. The van der Waals surface area contributed by atoms with Crippen LogP contribution < -0.4 is 0 Å². The molecular weight excluding hydrogens is 360 g/mol. The number of fused-ring (bicyclic) bond motifs is 2. The minimum absolute atomic E-state index is 0.0672. The van der Waals surface area contributed by atoms with E-state index in [0.29, 0.717) is 11.6 Å². The first kappa shape index (κ1) is 13.3. The highest BCUT2D eigenvalue weighted by Gasteiger charge is 2.86. The van der Waals surface area contributed by atoms with Crippen LogP contribution in [0.2, 0.25) is 0 Å². The van der Waals surface area contributed by atoms with Crippen molar-refractivity contribution in [2.45, 2.75) is 48.2 Å². The van der Waals surface area contributed by atoms with Crippen LogP contribution in [0.1, 0.15) is 39.5 Å². The molecular formula is C14H18Br2O2. The zero-order chi connectivity index (χ0) is 13.3. The van der Waals surface area contributed by atoms with Gasteiger partial charge in [0.15, 0.2) is 11.6 Å². The fourth-order valence-electron chi connectivity index (χ4n) is 4.12. The Balaban J connectivity index is 1.89. The third-order valence-corrected chi connectivity index (χ3v) is 8.03. The Morgan fingerprint density at radius 1 is 0.889 bits per heavy atom. The van der Waals surface area contributed by atoms with Crippen molar-refractivity contribution in [2.24, 2.45) is 23.7 Å². The minimum atomic E-state index is -0.496. The van der Waals surface area contributed by atoms with Gasteiger partial charge in [-0.1, -0.05) is 58.5 Å². The molecule has 0 heterocycles. The lowest BCUT2D eigenvalue weighted by molar-refractivity contribution is -0.128. The van der Waals surface area contributed by atoms with Crippen LogP contribution in [-0.4, -0.2) is 20.2 Å². The Morgan fingerprint density at radius 3 is 1.50 bits per heavy atom. The third-order valence-electron chi connectivity index (χ3n) is 5.09. The van der Waals surface area contributed by atoms with Crippen molar-refractivity contribution in [1.82, 2.24) is 0 Å². The molecule has 100 valence electrons. The molecule has 3 rings (SSSR count). The number of carbonyl (C=O) groups excluding carboxylic acids is 2. The molecule has 0 aliphatic heterocycles. The fourth-order valence-corrected chi connectivity index (χ4v) is 6.39. The summed E-state index contributed by atoms with van der Waals surface area (Å²) in [4.78, 5) is 25.2. The summed E-state index contributed by atoms with van der Waals surface area (Å²) in [5.41, 5.74) is 0. The van der Waals surface area contributed by atoms with Crippen molar-refractivity contribution in [3.8, 4) is 0 Å². The van der Waals surface area contributed by atoms with Gasteiger partial charge >= 0.3 is 0 Å². The average Bonchev–Trinajstić information content (AvgIpc) is 3.13. The Bertz CT molecular complexity index is 396. The van der Waals surface area contributed by atoms with Crippen LogP contribution in [-0.2, 0) is 9.59 Å². The molecule has 0 N–H and O–H groups in total. The molecule has 2 nitrogen and oxygen atoms in total. The summed E-state index contributed by atoms with van der Waals surface area (Å²) in [5, 5.41) is 0. The largest absolute Gasteiger partial charge is 0.298 e. The van der Waals surface area contributed by atoms with E-state index in [-0.39, 0.29) is 23.7 Å². The highest BCUT2D eigenvalue weighted by molar-refractivity contribution is 9.11. The van der Waals surface area contributed by atoms with E-state index in [1.54, 1.807) is 0 Å². The van der Waals surface area contributed by atoms with E-state index in [4.69, 9.17) is 0 Å². The molecule has 3 saturated carbocycles. The average molecular weight is 378 g/mol. The van der Waals surface area contributed by atoms with Gasteiger partial charge in [0.25, 0.3) is 0 Å². The van der Waals surface area contributed by atoms with Crippen LogP contribution in [0, 0.1) is 23.7 Å². The topological polar surface area (TPSA) is 34.1 Å². The van der Waals surface area contributed by atoms with Crippen LogP contribution in [0.4, 0.5) is 0 Å². The van der Waals surface area contributed by atoms with Gasteiger partial charge in [-0.2, -0.15) is 0 Å². The van der Waals surface area contributed by atoms with Gasteiger partial charge < -0.3 is 0 Å². The summed E-state index contributed by atoms with van der Waals surface area (Å²) in [7, 11) is 0. The summed E-state index contributed by atoms with van der Waals surface area (Å²) in [5.74, 6) is 0.936. The number of hydrogen-bond donors (Lipinski definition) is 0. The summed E-state index contributed by atoms with van der Waals surface area (Å²) in [6, 6.07) is 0. The highest BCUT2D eigenvalue weighted by atomic mass is 79.9. The third kappa shape index (κ3) is 1.29. The molecule has 0 amide bonds. The van der Waals surface area contributed by atoms with E-state index in [2.05, 4.69) is 45.7 Å². The predicted molar refractivity (Wildman–Crippen MR) is 77.1 cm³/mol. The number of Topliss-reactive ketones (excluding diaryl/α,β-unsaturated/α-hetero) is 2. The quantitative estimate of drug-likeness (QED) is 0.702. The van der Waals surface area contributed by atoms with Gasteiger partial charge in [-0.25, -0.2) is 0 Å². The molecule has 0 aromatic rings. The first-order chi connectivity index (χ1) is 8.45. The maximum Gasteiger partial charge on any atom is 0.155 e. The molecule has 6 atom stereocenters. The van der Waals surface area contributed by atoms with Gasteiger partial charge in [-0.05, 0) is 24.7 Å². The molecule has 3 fully saturated rings. The normalized spacial score (nSPS) is 52.9. The summed E-state index contributed by atoms with van der Waals surface area (Å²) < 4.78 is -0.991. The number of hydrogen-bond acceptors (Lipinski definition) is 2. The molecule has 4 heteroatoms. The maximum atomic E-state index is 12.6. The molecule has 3 aliphatic rings. The molecule has 0 unspecified atom stereocenters. The van der Waals surface area contributed by atoms with Crippen molar-refractivity contribution in [1.29, 1.82) is 0 Å². The second-order valence-corrected chi connectivity index (χ2v) is 8.63. The van der Waals surface area contributed by atoms with Crippen LogP contribution >= 0.6 is 31.9 Å². The van der Waals surface area contributed by atoms with E-state index < -0.39 is 8.65 Å². The first-order valence-electron chi connectivity index (χ1n) is 6.92. The Hall–Kier alpha value is 0.300. The van der Waals surface area contributed by atoms with Gasteiger partial charge in [0, 0.05) is 11.8 Å². The van der Waals surface area contributed by atoms with Crippen molar-refractivity contribution in [2.75, 3.05) is 0 Å². The van der Waals surface area contributed by atoms with Crippen LogP contribution in [0.5, 0.6) is 0 Å². The number of halogens is 2. The van der Waals surface area contributed by atoms with Gasteiger partial charge in [0.1, 0.15) is 0 Å². The summed E-state index contributed by atoms with van der Waals surface area (Å²) in [6.07, 6.45) is 4.02. The molecule has 0 radical (unpaired) electrons. The van der Waals surface area contributed by atoms with Gasteiger partial charge in [0.05, 0.1) is 8.65 Å². The standard InChI is InChI=1S/C14H18Br2O2/c1-3-5-7-9-11(17)14(16)8(6-4-2)10(14)12(18)13(7,9)15/h7-10H,3-6H2,1-2H3/t7-,8+,9+,10-,13-,14+. The van der Waals surface area contributed by atoms with E-state index in [1.807, 2.05) is 0 Å². The Kier molecular flexibility index (Phi) is 2.88. The molecule has 3 aliphatic carbocycles. The molecule has 0 aromatic carbocycles. The van der Waals surface area contributed by atoms with Crippen molar-refractivity contribution < 1.29 is 9.59 Å². The van der Waals surface area contributed by atoms with E-state index in [9.17, 15) is 9.59 Å². The lowest BCUT2D eigenvalue weighted by atomic mass is 9.98. The molecule has 0 aromatic heterocycles. The summed E-state index contributed by atoms with van der Waals surface area (Å²) >= 11 is 7.24. The van der Waals surface area contributed by atoms with Crippen LogP contribution in [0.15, 0.2) is 0 Å². The smallest absolute Gasteiger partial charge is 0.155 e. The monoisotopic (exact) mass is 376 g/mol. The molecule has 0 saturated heterocycles. The van der Waals surface area contributed by atoms with Gasteiger partial charge in [-0.15, -0.1) is 0 Å². The zero-order valence-corrected chi connectivity index (χ0v) is 13.9. The number of alkyl halides is 2. The fraction of sp³-hybridized carbons (Fsp3) is 0.857. The highest BCUT2D eigenvalue weighted by Crippen LogP contribution is 2.76. The Morgan fingerprint density at radius 2 is 1.22 bits per heavy atom. The first-order valence-corrected chi connectivity index (χ1v) is 8.50. The minimum Gasteiger partial charge on any atom is -0.298 e. The summed E-state index contributed by atoms with van der Waals surface area (Å²) in [6.45, 7) is 4.22. The number of ketones is 2. The van der Waals surface area contributed by atoms with E-state index in [1.165, 1.54) is 0 Å². The predicted octanol–water partition coefficient (Wildman–Crippen LogP) is 3.50. The van der Waals surface area contributed by atoms with Crippen molar-refractivity contribution in [3.05, 3.63) is 0 Å². The van der Waals surface area contributed by atoms with Crippen LogP contribution in [0.3, 0.4) is 0 Å². The van der Waals surface area contributed by atoms with Crippen molar-refractivity contribution >= 4 is 43.4 Å². The van der Waals surface area contributed by atoms with Crippen LogP contribution in [0.25, 0.3) is 0 Å². The Labute approximate surface area is 125 Å². The second-order valence-electron chi connectivity index (χ2n) is 6.01. The van der Waals surface area contributed by atoms with E-state index in [0.717, 1.165) is 25.7 Å². The maximum absolute atomic E-state index is 12.6. The molecule has 18 heavy (non-hydrogen) atoms. The lowest BCUT2D eigenvalue weighted by Gasteiger charge is -2.17. The van der Waals surface area contributed by atoms with E-state index >= 15 is 0 Å². The van der Waals surface area contributed by atoms with Gasteiger partial charge in [0.2, 0.25) is 0 Å². The van der Waals surface area contributed by atoms with Gasteiger partial charge in [-0.3, -0.25) is 9.59 Å². The zero-order valence-electron chi connectivity index (χ0n) is 10.7. The number of rotatable bonds is 4. The second kappa shape index (κ2) is 3.91.